The summed E-state index contributed by atoms with van der Waals surface area (Å²) < 4.78 is 25.0. The molecule has 14 heavy (non-hydrogen) atoms. The Morgan fingerprint density at radius 3 is 2.64 bits per heavy atom. The number of hydrogen-bond donors (Lipinski definition) is 1. The van der Waals surface area contributed by atoms with Gasteiger partial charge in [-0.05, 0) is 32.5 Å². The van der Waals surface area contributed by atoms with Gasteiger partial charge < -0.3 is 10.2 Å². The molecule has 1 heterocycles. The molecule has 2 aliphatic rings. The minimum absolute atomic E-state index is 0.0859. The zero-order valence-electron chi connectivity index (χ0n) is 8.60. The molecule has 1 aliphatic carbocycles. The standard InChI is InChI=1S/C10H18F2N2/c1-14-3-2-9(7-14)13-6-8-4-10(11,12)5-8/h8-9,13H,2-7H2,1H3. The van der Waals surface area contributed by atoms with E-state index in [0.29, 0.717) is 6.04 Å². The Hall–Kier alpha value is -0.220. The second-order valence-electron chi connectivity index (χ2n) is 4.79. The van der Waals surface area contributed by atoms with E-state index < -0.39 is 5.92 Å². The molecule has 1 N–H and O–H groups in total. The highest BCUT2D eigenvalue weighted by molar-refractivity contribution is 4.89. The summed E-state index contributed by atoms with van der Waals surface area (Å²) in [4.78, 5) is 2.27. The number of halogens is 2. The number of rotatable bonds is 3. The van der Waals surface area contributed by atoms with Gasteiger partial charge in [-0.3, -0.25) is 0 Å². The molecule has 0 aromatic rings. The molecule has 2 nitrogen and oxygen atoms in total. The van der Waals surface area contributed by atoms with E-state index in [1.807, 2.05) is 0 Å². The molecule has 1 saturated carbocycles. The summed E-state index contributed by atoms with van der Waals surface area (Å²) in [5.41, 5.74) is 0. The molecule has 0 aromatic carbocycles. The third kappa shape index (κ3) is 2.42. The molecule has 0 spiro atoms. The lowest BCUT2D eigenvalue weighted by molar-refractivity contribution is -0.109. The van der Waals surface area contributed by atoms with Gasteiger partial charge in [-0.2, -0.15) is 0 Å². The highest BCUT2D eigenvalue weighted by Crippen LogP contribution is 2.41. The Labute approximate surface area is 83.7 Å². The van der Waals surface area contributed by atoms with Gasteiger partial charge in [-0.25, -0.2) is 8.78 Å². The molecule has 0 aromatic heterocycles. The van der Waals surface area contributed by atoms with E-state index >= 15 is 0 Å². The number of likely N-dealkylation sites (tertiary alicyclic amines) is 1. The van der Waals surface area contributed by atoms with Gasteiger partial charge in [-0.1, -0.05) is 0 Å². The highest BCUT2D eigenvalue weighted by Gasteiger charge is 2.44. The SMILES string of the molecule is CN1CCC(NCC2CC(F)(F)C2)C1. The largest absolute Gasteiger partial charge is 0.312 e. The van der Waals surface area contributed by atoms with Crippen LogP contribution in [0.25, 0.3) is 0 Å². The van der Waals surface area contributed by atoms with Gasteiger partial charge in [0.1, 0.15) is 0 Å². The molecular formula is C10H18F2N2. The maximum Gasteiger partial charge on any atom is 0.248 e. The predicted octanol–water partition coefficient (Wildman–Crippen LogP) is 1.33. The zero-order chi connectivity index (χ0) is 10.2. The van der Waals surface area contributed by atoms with Crippen LogP contribution in [0.5, 0.6) is 0 Å². The lowest BCUT2D eigenvalue weighted by Crippen LogP contribution is -2.44. The fraction of sp³-hybridized carbons (Fsp3) is 1.00. The number of nitrogens with zero attached hydrogens (tertiary/aromatic N) is 1. The van der Waals surface area contributed by atoms with Crippen LogP contribution in [0.1, 0.15) is 19.3 Å². The summed E-state index contributed by atoms with van der Waals surface area (Å²) in [6.07, 6.45) is 1.32. The quantitative estimate of drug-likeness (QED) is 0.746. The smallest absolute Gasteiger partial charge is 0.248 e. The lowest BCUT2D eigenvalue weighted by atomic mass is 9.81. The van der Waals surface area contributed by atoms with E-state index in [2.05, 4.69) is 17.3 Å². The van der Waals surface area contributed by atoms with Crippen molar-refractivity contribution in [3.05, 3.63) is 0 Å². The number of alkyl halides is 2. The van der Waals surface area contributed by atoms with Crippen molar-refractivity contribution in [2.75, 3.05) is 26.7 Å². The minimum Gasteiger partial charge on any atom is -0.312 e. The second kappa shape index (κ2) is 3.74. The van der Waals surface area contributed by atoms with Crippen molar-refractivity contribution < 1.29 is 8.78 Å². The van der Waals surface area contributed by atoms with Gasteiger partial charge in [-0.15, -0.1) is 0 Å². The van der Waals surface area contributed by atoms with E-state index in [9.17, 15) is 8.78 Å². The number of nitrogens with one attached hydrogen (secondary N) is 1. The zero-order valence-corrected chi connectivity index (χ0v) is 8.60. The Morgan fingerprint density at radius 2 is 2.14 bits per heavy atom. The molecule has 1 saturated heterocycles. The molecule has 0 bridgehead atoms. The van der Waals surface area contributed by atoms with E-state index in [4.69, 9.17) is 0 Å². The van der Waals surface area contributed by atoms with Crippen molar-refractivity contribution in [3.8, 4) is 0 Å². The van der Waals surface area contributed by atoms with Crippen molar-refractivity contribution in [2.24, 2.45) is 5.92 Å². The predicted molar refractivity (Wildman–Crippen MR) is 51.6 cm³/mol. The van der Waals surface area contributed by atoms with Crippen LogP contribution in [0, 0.1) is 5.92 Å². The first-order valence-electron chi connectivity index (χ1n) is 5.35. The van der Waals surface area contributed by atoms with Gasteiger partial charge >= 0.3 is 0 Å². The molecule has 4 heteroatoms. The molecule has 82 valence electrons. The molecule has 2 rings (SSSR count). The maximum atomic E-state index is 12.5. The van der Waals surface area contributed by atoms with Crippen LogP contribution >= 0.6 is 0 Å². The third-order valence-electron chi connectivity index (χ3n) is 3.26. The van der Waals surface area contributed by atoms with Crippen molar-refractivity contribution in [3.63, 3.8) is 0 Å². The van der Waals surface area contributed by atoms with Crippen LogP contribution in [-0.2, 0) is 0 Å². The number of likely N-dealkylation sites (N-methyl/N-ethyl adjacent to an activating group) is 1. The summed E-state index contributed by atoms with van der Waals surface area (Å²) in [5, 5.41) is 3.38. The van der Waals surface area contributed by atoms with Gasteiger partial charge in [0.25, 0.3) is 0 Å². The molecule has 0 radical (unpaired) electrons. The van der Waals surface area contributed by atoms with Crippen LogP contribution < -0.4 is 5.32 Å². The Morgan fingerprint density at radius 1 is 1.43 bits per heavy atom. The van der Waals surface area contributed by atoms with Crippen molar-refractivity contribution >= 4 is 0 Å². The lowest BCUT2D eigenvalue weighted by Gasteiger charge is -2.35. The normalized spacial score (nSPS) is 33.2. The van der Waals surface area contributed by atoms with Crippen LogP contribution in [-0.4, -0.2) is 43.5 Å². The summed E-state index contributed by atoms with van der Waals surface area (Å²) in [6, 6.07) is 0.522. The first-order valence-corrected chi connectivity index (χ1v) is 5.35. The van der Waals surface area contributed by atoms with Crippen molar-refractivity contribution in [1.29, 1.82) is 0 Å². The average molecular weight is 204 g/mol. The Balaban J connectivity index is 1.60. The van der Waals surface area contributed by atoms with E-state index in [1.165, 1.54) is 0 Å². The summed E-state index contributed by atoms with van der Waals surface area (Å²) in [6.45, 7) is 2.95. The van der Waals surface area contributed by atoms with E-state index in [-0.39, 0.29) is 18.8 Å². The minimum atomic E-state index is -2.36. The topological polar surface area (TPSA) is 15.3 Å². The molecule has 1 unspecified atom stereocenters. The third-order valence-corrected chi connectivity index (χ3v) is 3.26. The van der Waals surface area contributed by atoms with Crippen molar-refractivity contribution in [1.82, 2.24) is 10.2 Å². The molecule has 0 amide bonds. The summed E-state index contributed by atoms with van der Waals surface area (Å²) in [7, 11) is 2.10. The summed E-state index contributed by atoms with van der Waals surface area (Å²) in [5.74, 6) is -2.16. The first-order chi connectivity index (χ1) is 6.55. The second-order valence-corrected chi connectivity index (χ2v) is 4.79. The van der Waals surface area contributed by atoms with E-state index in [1.54, 1.807) is 0 Å². The molecule has 1 aliphatic heterocycles. The van der Waals surface area contributed by atoms with Gasteiger partial charge in [0.05, 0.1) is 0 Å². The molecule has 1 atom stereocenters. The van der Waals surface area contributed by atoms with Crippen LogP contribution in [0.3, 0.4) is 0 Å². The van der Waals surface area contributed by atoms with Gasteiger partial charge in [0, 0.05) is 25.4 Å². The molecular weight excluding hydrogens is 186 g/mol. The average Bonchev–Trinajstić information content (AvgIpc) is 2.44. The first kappa shape index (κ1) is 10.3. The fourth-order valence-corrected chi connectivity index (χ4v) is 2.36. The highest BCUT2D eigenvalue weighted by atomic mass is 19.3. The van der Waals surface area contributed by atoms with Crippen LogP contribution in [0.4, 0.5) is 8.78 Å². The fourth-order valence-electron chi connectivity index (χ4n) is 2.36. The monoisotopic (exact) mass is 204 g/mol. The van der Waals surface area contributed by atoms with Crippen molar-refractivity contribution in [2.45, 2.75) is 31.2 Å². The number of hydrogen-bond acceptors (Lipinski definition) is 2. The maximum absolute atomic E-state index is 12.5. The van der Waals surface area contributed by atoms with Gasteiger partial charge in [0.15, 0.2) is 0 Å². The van der Waals surface area contributed by atoms with Crippen LogP contribution in [0.2, 0.25) is 0 Å². The molecule has 2 fully saturated rings. The van der Waals surface area contributed by atoms with Gasteiger partial charge in [0.2, 0.25) is 5.92 Å². The summed E-state index contributed by atoms with van der Waals surface area (Å²) >= 11 is 0. The van der Waals surface area contributed by atoms with E-state index in [0.717, 1.165) is 26.1 Å². The Bertz CT molecular complexity index is 200. The van der Waals surface area contributed by atoms with Crippen LogP contribution in [0.15, 0.2) is 0 Å². The Kier molecular flexibility index (Phi) is 2.75.